The maximum atomic E-state index is 14.1. The molecule has 2 unspecified atom stereocenters. The fourth-order valence-corrected chi connectivity index (χ4v) is 9.66. The molecule has 4 fully saturated rings. The fraction of sp³-hybridized carbons (Fsp3) is 0.386. The molecule has 10 rings (SSSR count). The summed E-state index contributed by atoms with van der Waals surface area (Å²) in [6.45, 7) is 5.95. The molecule has 3 atom stereocenters. The van der Waals surface area contributed by atoms with Crippen LogP contribution in [0.4, 0.5) is 21.7 Å². The van der Waals surface area contributed by atoms with Gasteiger partial charge in [0.1, 0.15) is 29.2 Å². The molecule has 0 bridgehead atoms. The van der Waals surface area contributed by atoms with E-state index in [0.717, 1.165) is 123 Å². The quantitative estimate of drug-likeness (QED) is 0.216. The van der Waals surface area contributed by atoms with Gasteiger partial charge in [0.15, 0.2) is 5.65 Å². The van der Waals surface area contributed by atoms with E-state index >= 15 is 0 Å². The average Bonchev–Trinajstić information content (AvgIpc) is 3.98. The Balaban J connectivity index is 0.807. The van der Waals surface area contributed by atoms with E-state index in [9.17, 15) is 23.6 Å². The number of piperidine rings is 2. The van der Waals surface area contributed by atoms with Crippen LogP contribution in [-0.2, 0) is 9.59 Å². The van der Waals surface area contributed by atoms with Crippen molar-refractivity contribution in [2.75, 3.05) is 60.5 Å². The third-order valence-electron chi connectivity index (χ3n) is 12.7. The van der Waals surface area contributed by atoms with E-state index in [1.165, 1.54) is 6.07 Å². The molecule has 5 aromatic rings. The summed E-state index contributed by atoms with van der Waals surface area (Å²) in [5.41, 5.74) is 4.80. The summed E-state index contributed by atoms with van der Waals surface area (Å²) in [6.07, 6.45) is 7.16. The smallest absolute Gasteiger partial charge is 0.262 e. The molecule has 0 aliphatic carbocycles. The van der Waals surface area contributed by atoms with Crippen molar-refractivity contribution >= 4 is 46.6 Å². The summed E-state index contributed by atoms with van der Waals surface area (Å²) in [6, 6.07) is 21.7. The summed E-state index contributed by atoms with van der Waals surface area (Å²) in [4.78, 5) is 71.4. The molecule has 5 aliphatic heterocycles. The number of rotatable bonds is 8. The summed E-state index contributed by atoms with van der Waals surface area (Å²) in [5.74, 6) is -0.470. The van der Waals surface area contributed by atoms with E-state index in [0.29, 0.717) is 11.1 Å². The van der Waals surface area contributed by atoms with Gasteiger partial charge in [-0.2, -0.15) is 0 Å². The van der Waals surface area contributed by atoms with Crippen LogP contribution >= 0.6 is 0 Å². The zero-order valence-corrected chi connectivity index (χ0v) is 32.7. The predicted molar refractivity (Wildman–Crippen MR) is 219 cm³/mol. The van der Waals surface area contributed by atoms with Crippen LogP contribution in [-0.4, -0.2) is 111 Å². The number of pyridine rings is 1. The number of amides is 4. The van der Waals surface area contributed by atoms with Gasteiger partial charge in [0.2, 0.25) is 11.8 Å². The lowest BCUT2D eigenvalue weighted by molar-refractivity contribution is -0.136. The van der Waals surface area contributed by atoms with Gasteiger partial charge < -0.3 is 14.7 Å². The van der Waals surface area contributed by atoms with Crippen molar-refractivity contribution in [1.29, 1.82) is 0 Å². The van der Waals surface area contributed by atoms with Crippen molar-refractivity contribution in [2.45, 2.75) is 63.1 Å². The zero-order chi connectivity index (χ0) is 40.2. The monoisotopic (exact) mass is 796 g/mol. The van der Waals surface area contributed by atoms with Gasteiger partial charge in [0.25, 0.3) is 11.8 Å². The number of anilines is 3. The molecule has 0 saturated carbocycles. The van der Waals surface area contributed by atoms with Crippen LogP contribution in [0.1, 0.15) is 77.3 Å². The van der Waals surface area contributed by atoms with Gasteiger partial charge in [0, 0.05) is 64.0 Å². The Hall–Kier alpha value is -6.22. The largest absolute Gasteiger partial charge is 0.367 e. The highest BCUT2D eigenvalue weighted by Crippen LogP contribution is 2.37. The third-order valence-corrected chi connectivity index (χ3v) is 12.7. The fourth-order valence-electron chi connectivity index (χ4n) is 9.66. The molecule has 4 saturated heterocycles. The van der Waals surface area contributed by atoms with Gasteiger partial charge >= 0.3 is 0 Å². The molecular formula is C44H45FN10O4. The van der Waals surface area contributed by atoms with Crippen molar-refractivity contribution in [2.24, 2.45) is 0 Å². The molecule has 15 heteroatoms. The van der Waals surface area contributed by atoms with Crippen molar-refractivity contribution in [1.82, 2.24) is 34.7 Å². The maximum absolute atomic E-state index is 14.1. The van der Waals surface area contributed by atoms with Crippen molar-refractivity contribution in [3.8, 4) is 11.4 Å². The summed E-state index contributed by atoms with van der Waals surface area (Å²) < 4.78 is 16.0. The maximum Gasteiger partial charge on any atom is 0.262 e. The second-order valence-electron chi connectivity index (χ2n) is 16.2. The number of piperazine rings is 1. The van der Waals surface area contributed by atoms with Gasteiger partial charge in [-0.25, -0.2) is 18.9 Å². The first kappa shape index (κ1) is 37.1. The van der Waals surface area contributed by atoms with E-state index in [-0.39, 0.29) is 30.7 Å². The minimum Gasteiger partial charge on any atom is -0.367 e. The molecule has 5 aliphatic rings. The number of carbonyl (C=O) groups excluding carboxylic acids is 4. The SMILES string of the molecule is O=C1CCC(N2C(=O)c3ccc(N4CCCCC4CN4CCN(c5cccc(-c6cnc7ccc(N8CCC[C@@H]8c8cccc(F)c8)nn67)n5)CC4)cc3C2=O)C(=O)N1. The normalized spacial score (nSPS) is 22.8. The summed E-state index contributed by atoms with van der Waals surface area (Å²) in [5, 5.41) is 7.31. The standard InChI is InChI=1S/C44H45FN10O4/c45-29-7-3-6-28(24-29)35-10-5-19-53(35)40-16-15-38-46-26-37(55(38)49-40)34-9-4-11-39(47-34)51-22-20-50(21-23-51)27-31-8-1-2-18-52(31)30-12-13-32-33(25-30)44(59)54(43(32)58)36-14-17-41(56)48-42(36)57/h3-4,6-7,9,11-13,15-16,24-26,31,35-36H,1-2,5,8,10,14,17-23,27H2,(H,48,56,57)/t31?,35-,36?/m1/s1. The second-order valence-corrected chi connectivity index (χ2v) is 16.2. The van der Waals surface area contributed by atoms with Gasteiger partial charge in [-0.05, 0) is 98.7 Å². The molecule has 2 aromatic carbocycles. The average molecular weight is 797 g/mol. The first-order valence-electron chi connectivity index (χ1n) is 20.7. The number of hydrogen-bond acceptors (Lipinski definition) is 11. The molecule has 0 spiro atoms. The predicted octanol–water partition coefficient (Wildman–Crippen LogP) is 4.85. The number of fused-ring (bicyclic) bond motifs is 2. The number of hydrogen-bond donors (Lipinski definition) is 1. The van der Waals surface area contributed by atoms with Gasteiger partial charge in [-0.15, -0.1) is 5.10 Å². The van der Waals surface area contributed by atoms with E-state index < -0.39 is 29.7 Å². The Morgan fingerprint density at radius 3 is 2.41 bits per heavy atom. The van der Waals surface area contributed by atoms with Gasteiger partial charge in [-0.1, -0.05) is 18.2 Å². The molecule has 3 aromatic heterocycles. The van der Waals surface area contributed by atoms with E-state index in [2.05, 4.69) is 36.0 Å². The number of carbonyl (C=O) groups is 4. The Labute approximate surface area is 340 Å². The van der Waals surface area contributed by atoms with Crippen LogP contribution < -0.4 is 20.0 Å². The molecule has 0 radical (unpaired) electrons. The van der Waals surface area contributed by atoms with Crippen LogP contribution in [0.3, 0.4) is 0 Å². The summed E-state index contributed by atoms with van der Waals surface area (Å²) in [7, 11) is 0. The van der Waals surface area contributed by atoms with E-state index in [1.807, 2.05) is 53.2 Å². The highest BCUT2D eigenvalue weighted by Gasteiger charge is 2.45. The minimum absolute atomic E-state index is 0.0560. The van der Waals surface area contributed by atoms with Gasteiger partial charge in [-0.3, -0.25) is 34.3 Å². The molecule has 8 heterocycles. The molecule has 59 heavy (non-hydrogen) atoms. The lowest BCUT2D eigenvalue weighted by Gasteiger charge is -2.43. The number of nitrogens with zero attached hydrogens (tertiary/aromatic N) is 9. The molecule has 14 nitrogen and oxygen atoms in total. The molecule has 302 valence electrons. The lowest BCUT2D eigenvalue weighted by Crippen LogP contribution is -2.54. The molecule has 1 N–H and O–H groups in total. The van der Waals surface area contributed by atoms with Crippen molar-refractivity contribution in [3.05, 3.63) is 102 Å². The highest BCUT2D eigenvalue weighted by molar-refractivity contribution is 6.23. The lowest BCUT2D eigenvalue weighted by atomic mass is 9.99. The van der Waals surface area contributed by atoms with E-state index in [4.69, 9.17) is 10.1 Å². The number of imidazole rings is 1. The van der Waals surface area contributed by atoms with Crippen LogP contribution in [0.2, 0.25) is 0 Å². The Morgan fingerprint density at radius 2 is 1.56 bits per heavy atom. The number of halogens is 1. The Kier molecular flexibility index (Phi) is 9.54. The zero-order valence-electron chi connectivity index (χ0n) is 32.7. The Bertz CT molecular complexity index is 2480. The highest BCUT2D eigenvalue weighted by atomic mass is 19.1. The second kappa shape index (κ2) is 15.2. The minimum atomic E-state index is -0.984. The van der Waals surface area contributed by atoms with Crippen LogP contribution in [0.15, 0.2) is 79.0 Å². The first-order valence-corrected chi connectivity index (χ1v) is 20.7. The number of nitrogens with one attached hydrogen (secondary N) is 1. The van der Waals surface area contributed by atoms with Crippen LogP contribution in [0.25, 0.3) is 17.0 Å². The number of benzene rings is 2. The molecule has 4 amide bonds. The van der Waals surface area contributed by atoms with Crippen LogP contribution in [0.5, 0.6) is 0 Å². The van der Waals surface area contributed by atoms with E-state index in [1.54, 1.807) is 18.2 Å². The number of imide groups is 2. The van der Waals surface area contributed by atoms with Crippen molar-refractivity contribution in [3.63, 3.8) is 0 Å². The first-order chi connectivity index (χ1) is 28.8. The van der Waals surface area contributed by atoms with Crippen molar-refractivity contribution < 1.29 is 23.6 Å². The van der Waals surface area contributed by atoms with Crippen LogP contribution in [0, 0.1) is 5.82 Å². The number of aromatic nitrogens is 4. The third kappa shape index (κ3) is 6.86. The topological polar surface area (TPSA) is 140 Å². The Morgan fingerprint density at radius 1 is 0.729 bits per heavy atom. The molecular weight excluding hydrogens is 752 g/mol. The summed E-state index contributed by atoms with van der Waals surface area (Å²) >= 11 is 0. The van der Waals surface area contributed by atoms with Gasteiger partial charge in [0.05, 0.1) is 29.1 Å².